The number of likely N-dealkylation sites (tertiary alicyclic amines) is 1. The predicted molar refractivity (Wildman–Crippen MR) is 141 cm³/mol. The van der Waals surface area contributed by atoms with Crippen molar-refractivity contribution in [2.45, 2.75) is 32.7 Å². The van der Waals surface area contributed by atoms with Gasteiger partial charge in [0.15, 0.2) is 0 Å². The minimum Gasteiger partial charge on any atom is -0.438 e. The highest BCUT2D eigenvalue weighted by molar-refractivity contribution is 6.42. The van der Waals surface area contributed by atoms with Crippen molar-refractivity contribution in [2.75, 3.05) is 30.3 Å². The van der Waals surface area contributed by atoms with Crippen LogP contribution in [0.5, 0.6) is 11.6 Å². The number of carbonyl (C=O) groups excluding carboxylic acids is 1. The van der Waals surface area contributed by atoms with E-state index in [9.17, 15) is 4.79 Å². The summed E-state index contributed by atoms with van der Waals surface area (Å²) in [6.45, 7) is 5.65. The Morgan fingerprint density at radius 2 is 1.86 bits per heavy atom. The van der Waals surface area contributed by atoms with Gasteiger partial charge in [0.2, 0.25) is 17.7 Å². The fourth-order valence-electron chi connectivity index (χ4n) is 4.14. The standard InChI is InChI=1S/C26H26Cl2N6O2/c1-16-11-18(14-29)12-17(2)25(16)36-24-5-8-30-26(33-24)32-19-6-9-34(10-7-19)15-23(35)31-20-3-4-21(27)22(28)13-20/h3-5,8,11-13,19H,6-7,9-10,15H2,1-2H3,(H,31,35)(H,30,32,33). The van der Waals surface area contributed by atoms with Gasteiger partial charge in [-0.15, -0.1) is 0 Å². The molecule has 0 aliphatic carbocycles. The summed E-state index contributed by atoms with van der Waals surface area (Å²) in [6, 6.07) is 12.7. The molecule has 0 atom stereocenters. The maximum Gasteiger partial charge on any atom is 0.238 e. The van der Waals surface area contributed by atoms with Crippen molar-refractivity contribution in [2.24, 2.45) is 0 Å². The van der Waals surface area contributed by atoms with Crippen molar-refractivity contribution < 1.29 is 9.53 Å². The molecule has 1 aliphatic heterocycles. The van der Waals surface area contributed by atoms with Crippen molar-refractivity contribution in [1.29, 1.82) is 5.26 Å². The summed E-state index contributed by atoms with van der Waals surface area (Å²) in [5, 5.41) is 16.2. The molecule has 0 saturated carbocycles. The summed E-state index contributed by atoms with van der Waals surface area (Å²) in [7, 11) is 0. The van der Waals surface area contributed by atoms with Crippen LogP contribution in [0.25, 0.3) is 0 Å². The smallest absolute Gasteiger partial charge is 0.238 e. The second-order valence-corrected chi connectivity index (χ2v) is 9.56. The largest absolute Gasteiger partial charge is 0.438 e. The number of halogens is 2. The molecule has 1 aliphatic rings. The first-order valence-electron chi connectivity index (χ1n) is 11.6. The number of benzene rings is 2. The van der Waals surface area contributed by atoms with Crippen LogP contribution < -0.4 is 15.4 Å². The van der Waals surface area contributed by atoms with Crippen molar-refractivity contribution in [3.63, 3.8) is 0 Å². The van der Waals surface area contributed by atoms with E-state index in [0.29, 0.717) is 45.4 Å². The number of aromatic nitrogens is 2. The number of aryl methyl sites for hydroxylation is 2. The summed E-state index contributed by atoms with van der Waals surface area (Å²) in [4.78, 5) is 23.4. The van der Waals surface area contributed by atoms with E-state index in [1.54, 1.807) is 42.6 Å². The molecule has 1 saturated heterocycles. The van der Waals surface area contributed by atoms with Crippen LogP contribution in [0.4, 0.5) is 11.6 Å². The van der Waals surface area contributed by atoms with Gasteiger partial charge in [0.25, 0.3) is 0 Å². The van der Waals surface area contributed by atoms with Crippen molar-refractivity contribution in [1.82, 2.24) is 14.9 Å². The van der Waals surface area contributed by atoms with Crippen LogP contribution in [0.3, 0.4) is 0 Å². The molecule has 1 aromatic heterocycles. The third kappa shape index (κ3) is 6.64. The second-order valence-electron chi connectivity index (χ2n) is 8.74. The monoisotopic (exact) mass is 524 g/mol. The van der Waals surface area contributed by atoms with E-state index in [1.807, 2.05) is 13.8 Å². The maximum absolute atomic E-state index is 12.4. The van der Waals surface area contributed by atoms with E-state index in [0.717, 1.165) is 37.1 Å². The lowest BCUT2D eigenvalue weighted by Crippen LogP contribution is -2.42. The van der Waals surface area contributed by atoms with Gasteiger partial charge in [0.1, 0.15) is 5.75 Å². The minimum absolute atomic E-state index is 0.0960. The highest BCUT2D eigenvalue weighted by Gasteiger charge is 2.22. The van der Waals surface area contributed by atoms with Gasteiger partial charge >= 0.3 is 0 Å². The van der Waals surface area contributed by atoms with Crippen molar-refractivity contribution in [3.05, 3.63) is 69.3 Å². The molecule has 0 spiro atoms. The molecular weight excluding hydrogens is 499 g/mol. The van der Waals surface area contributed by atoms with Gasteiger partial charge in [-0.25, -0.2) is 4.98 Å². The number of hydrogen-bond acceptors (Lipinski definition) is 7. The molecule has 3 aromatic rings. The van der Waals surface area contributed by atoms with E-state index in [-0.39, 0.29) is 11.9 Å². The van der Waals surface area contributed by atoms with E-state index >= 15 is 0 Å². The molecule has 8 nitrogen and oxygen atoms in total. The fraction of sp³-hybridized carbons (Fsp3) is 0.308. The fourth-order valence-corrected chi connectivity index (χ4v) is 4.44. The Hall–Kier alpha value is -3.38. The molecule has 186 valence electrons. The molecule has 0 unspecified atom stereocenters. The van der Waals surface area contributed by atoms with Crippen LogP contribution in [-0.4, -0.2) is 46.5 Å². The van der Waals surface area contributed by atoms with Gasteiger partial charge < -0.3 is 15.4 Å². The topological polar surface area (TPSA) is 103 Å². The average molecular weight is 525 g/mol. The number of nitriles is 1. The first kappa shape index (κ1) is 25.7. The summed E-state index contributed by atoms with van der Waals surface area (Å²) >= 11 is 11.9. The van der Waals surface area contributed by atoms with Crippen LogP contribution >= 0.6 is 23.2 Å². The Morgan fingerprint density at radius 1 is 1.14 bits per heavy atom. The summed E-state index contributed by atoms with van der Waals surface area (Å²) in [5.74, 6) is 1.51. The molecule has 36 heavy (non-hydrogen) atoms. The Kier molecular flexibility index (Phi) is 8.26. The van der Waals surface area contributed by atoms with Gasteiger partial charge in [-0.3, -0.25) is 9.69 Å². The summed E-state index contributed by atoms with van der Waals surface area (Å²) in [5.41, 5.74) is 2.96. The predicted octanol–water partition coefficient (Wildman–Crippen LogP) is 5.58. The van der Waals surface area contributed by atoms with Crippen LogP contribution in [0.2, 0.25) is 10.0 Å². The number of ether oxygens (including phenoxy) is 1. The van der Waals surface area contributed by atoms with Crippen LogP contribution in [0, 0.1) is 25.2 Å². The Bertz CT molecular complexity index is 1280. The molecular formula is C26H26Cl2N6O2. The Balaban J connectivity index is 1.28. The third-order valence-corrected chi connectivity index (χ3v) is 6.66. The first-order valence-corrected chi connectivity index (χ1v) is 12.3. The molecule has 1 amide bonds. The zero-order chi connectivity index (χ0) is 25.7. The van der Waals surface area contributed by atoms with Gasteiger partial charge in [0.05, 0.1) is 28.2 Å². The van der Waals surface area contributed by atoms with E-state index in [2.05, 4.69) is 31.6 Å². The number of piperidine rings is 1. The van der Waals surface area contributed by atoms with Crippen molar-refractivity contribution >= 4 is 40.7 Å². The second kappa shape index (κ2) is 11.6. The Labute approximate surface area is 220 Å². The van der Waals surface area contributed by atoms with Gasteiger partial charge in [-0.05, 0) is 68.1 Å². The van der Waals surface area contributed by atoms with E-state index in [1.165, 1.54) is 0 Å². The molecule has 10 heteroatoms. The number of rotatable bonds is 7. The Morgan fingerprint density at radius 3 is 2.53 bits per heavy atom. The van der Waals surface area contributed by atoms with Gasteiger partial charge in [-0.2, -0.15) is 10.2 Å². The number of nitrogens with zero attached hydrogens (tertiary/aromatic N) is 4. The zero-order valence-electron chi connectivity index (χ0n) is 20.0. The highest BCUT2D eigenvalue weighted by atomic mass is 35.5. The first-order chi connectivity index (χ1) is 17.3. The molecule has 0 bridgehead atoms. The quantitative estimate of drug-likeness (QED) is 0.415. The van der Waals surface area contributed by atoms with Crippen LogP contribution in [0.15, 0.2) is 42.6 Å². The molecule has 0 radical (unpaired) electrons. The molecule has 4 rings (SSSR count). The number of anilines is 2. The van der Waals surface area contributed by atoms with Gasteiger partial charge in [0, 0.05) is 37.1 Å². The lowest BCUT2D eigenvalue weighted by molar-refractivity contribution is -0.117. The normalized spacial score (nSPS) is 14.2. The zero-order valence-corrected chi connectivity index (χ0v) is 21.5. The lowest BCUT2D eigenvalue weighted by Gasteiger charge is -2.31. The summed E-state index contributed by atoms with van der Waals surface area (Å²) < 4.78 is 6.02. The molecule has 1 fully saturated rings. The van der Waals surface area contributed by atoms with Gasteiger partial charge in [-0.1, -0.05) is 23.2 Å². The minimum atomic E-state index is -0.0960. The highest BCUT2D eigenvalue weighted by Crippen LogP contribution is 2.29. The number of carbonyl (C=O) groups is 1. The molecule has 2 heterocycles. The van der Waals surface area contributed by atoms with Crippen molar-refractivity contribution in [3.8, 4) is 17.7 Å². The third-order valence-electron chi connectivity index (χ3n) is 5.92. The SMILES string of the molecule is Cc1cc(C#N)cc(C)c1Oc1ccnc(NC2CCN(CC(=O)Nc3ccc(Cl)c(Cl)c3)CC2)n1. The maximum atomic E-state index is 12.4. The number of hydrogen-bond donors (Lipinski definition) is 2. The van der Waals surface area contributed by atoms with E-state index in [4.69, 9.17) is 33.2 Å². The summed E-state index contributed by atoms with van der Waals surface area (Å²) in [6.07, 6.45) is 3.35. The average Bonchev–Trinajstić information content (AvgIpc) is 2.85. The molecule has 2 aromatic carbocycles. The number of amides is 1. The molecule has 2 N–H and O–H groups in total. The van der Waals surface area contributed by atoms with Crippen LogP contribution in [-0.2, 0) is 4.79 Å². The lowest BCUT2D eigenvalue weighted by atomic mass is 10.1. The number of nitrogens with one attached hydrogen (secondary N) is 2. The van der Waals surface area contributed by atoms with E-state index < -0.39 is 0 Å². The van der Waals surface area contributed by atoms with Crippen LogP contribution in [0.1, 0.15) is 29.5 Å².